The molecule has 1 N–H and O–H groups in total. The van der Waals surface area contributed by atoms with Crippen LogP contribution in [0.2, 0.25) is 0 Å². The average Bonchev–Trinajstić information content (AvgIpc) is 2.72. The first kappa shape index (κ1) is 21.2. The normalized spacial score (nSPS) is 10.2. The first-order valence-corrected chi connectivity index (χ1v) is 8.95. The molecule has 0 aliphatic rings. The summed E-state index contributed by atoms with van der Waals surface area (Å²) in [6, 6.07) is 8.98. The molecule has 7 nitrogen and oxygen atoms in total. The minimum Gasteiger partial charge on any atom is -0.493 e. The predicted octanol–water partition coefficient (Wildman–Crippen LogP) is 3.69. The molecule has 0 radical (unpaired) electrons. The third-order valence-electron chi connectivity index (χ3n) is 4.11. The highest BCUT2D eigenvalue weighted by molar-refractivity contribution is 5.91. The zero-order valence-electron chi connectivity index (χ0n) is 17.0. The maximum atomic E-state index is 12.4. The van der Waals surface area contributed by atoms with Gasteiger partial charge in [0.15, 0.2) is 23.0 Å². The first-order chi connectivity index (χ1) is 13.6. The molecule has 0 bridgehead atoms. The lowest BCUT2D eigenvalue weighted by atomic mass is 10.1. The minimum atomic E-state index is -0.111. The fraction of sp³-hybridized carbons (Fsp3) is 0.381. The van der Waals surface area contributed by atoms with Gasteiger partial charge < -0.3 is 29.0 Å². The van der Waals surface area contributed by atoms with E-state index in [-0.39, 0.29) is 5.91 Å². The van der Waals surface area contributed by atoms with Crippen molar-refractivity contribution < 1.29 is 28.5 Å². The number of ether oxygens (including phenoxy) is 5. The number of carbonyl (C=O) groups excluding carboxylic acids is 1. The third kappa shape index (κ3) is 5.22. The quantitative estimate of drug-likeness (QED) is 0.668. The summed E-state index contributed by atoms with van der Waals surface area (Å²) >= 11 is 0. The van der Waals surface area contributed by atoms with Crippen LogP contribution in [-0.4, -0.2) is 41.0 Å². The van der Waals surface area contributed by atoms with Crippen LogP contribution in [0.5, 0.6) is 28.7 Å². The van der Waals surface area contributed by atoms with Gasteiger partial charge in [0.1, 0.15) is 0 Å². The van der Waals surface area contributed by atoms with E-state index in [1.807, 2.05) is 19.1 Å². The fourth-order valence-electron chi connectivity index (χ4n) is 2.78. The molecule has 0 fully saturated rings. The van der Waals surface area contributed by atoms with Crippen molar-refractivity contribution in [3.8, 4) is 28.7 Å². The summed E-state index contributed by atoms with van der Waals surface area (Å²) < 4.78 is 26.8. The van der Waals surface area contributed by atoms with E-state index in [1.54, 1.807) is 46.6 Å². The molecule has 2 aromatic rings. The summed E-state index contributed by atoms with van der Waals surface area (Å²) in [6.07, 6.45) is 0.824. The van der Waals surface area contributed by atoms with Crippen LogP contribution in [0.4, 0.5) is 5.69 Å². The molecule has 1 amide bonds. The maximum Gasteiger partial charge on any atom is 0.224 e. The second kappa shape index (κ2) is 10.3. The van der Waals surface area contributed by atoms with Crippen molar-refractivity contribution in [3.05, 3.63) is 35.9 Å². The number of benzene rings is 2. The van der Waals surface area contributed by atoms with Gasteiger partial charge in [-0.3, -0.25) is 4.79 Å². The van der Waals surface area contributed by atoms with Gasteiger partial charge in [0.2, 0.25) is 11.7 Å². The van der Waals surface area contributed by atoms with E-state index < -0.39 is 0 Å². The molecule has 2 aromatic carbocycles. The molecule has 0 aromatic heterocycles. The Morgan fingerprint density at radius 1 is 0.857 bits per heavy atom. The minimum absolute atomic E-state index is 0.111. The number of nitrogens with one attached hydrogen (secondary N) is 1. The van der Waals surface area contributed by atoms with Gasteiger partial charge in [0.05, 0.1) is 35.0 Å². The van der Waals surface area contributed by atoms with Crippen LogP contribution in [0.3, 0.4) is 0 Å². The van der Waals surface area contributed by atoms with Crippen LogP contribution < -0.4 is 29.0 Å². The number of rotatable bonds is 10. The van der Waals surface area contributed by atoms with E-state index >= 15 is 0 Å². The number of hydrogen-bond acceptors (Lipinski definition) is 6. The first-order valence-electron chi connectivity index (χ1n) is 8.95. The van der Waals surface area contributed by atoms with E-state index in [0.29, 0.717) is 53.9 Å². The molecule has 0 saturated heterocycles. The van der Waals surface area contributed by atoms with E-state index in [2.05, 4.69) is 5.32 Å². The van der Waals surface area contributed by atoms with Gasteiger partial charge in [0, 0.05) is 18.2 Å². The highest BCUT2D eigenvalue weighted by atomic mass is 16.5. The van der Waals surface area contributed by atoms with Gasteiger partial charge >= 0.3 is 0 Å². The fourth-order valence-corrected chi connectivity index (χ4v) is 2.78. The average molecular weight is 389 g/mol. The molecule has 0 spiro atoms. The Kier molecular flexibility index (Phi) is 7.80. The standard InChI is InChI=1S/C21H27NO6/c1-6-28-16-9-8-15(13-17(16)24-2)22-20(23)10-7-14-11-18(25-3)21(27-5)19(12-14)26-4/h8-9,11-13H,6-7,10H2,1-5H3,(H,22,23). The molecule has 0 unspecified atom stereocenters. The van der Waals surface area contributed by atoms with Gasteiger partial charge in [-0.2, -0.15) is 0 Å². The molecule has 0 atom stereocenters. The Labute approximate surface area is 165 Å². The van der Waals surface area contributed by atoms with Gasteiger partial charge in [-0.25, -0.2) is 0 Å². The molecule has 0 saturated carbocycles. The summed E-state index contributed by atoms with van der Waals surface area (Å²) in [5, 5.41) is 2.87. The van der Waals surface area contributed by atoms with E-state index in [4.69, 9.17) is 23.7 Å². The molecule has 152 valence electrons. The number of methoxy groups -OCH3 is 4. The summed E-state index contributed by atoms with van der Waals surface area (Å²) in [5.74, 6) is 2.76. The molecule has 0 aliphatic heterocycles. The van der Waals surface area contributed by atoms with Crippen molar-refractivity contribution in [1.29, 1.82) is 0 Å². The monoisotopic (exact) mass is 389 g/mol. The zero-order valence-corrected chi connectivity index (χ0v) is 17.0. The van der Waals surface area contributed by atoms with Crippen molar-refractivity contribution >= 4 is 11.6 Å². The van der Waals surface area contributed by atoms with Crippen molar-refractivity contribution in [2.24, 2.45) is 0 Å². The van der Waals surface area contributed by atoms with Gasteiger partial charge in [-0.1, -0.05) is 0 Å². The number of amides is 1. The van der Waals surface area contributed by atoms with Crippen molar-refractivity contribution in [1.82, 2.24) is 0 Å². The summed E-state index contributed by atoms with van der Waals surface area (Å²) in [4.78, 5) is 12.4. The molecular formula is C21H27NO6. The van der Waals surface area contributed by atoms with Crippen LogP contribution >= 0.6 is 0 Å². The molecule has 28 heavy (non-hydrogen) atoms. The largest absolute Gasteiger partial charge is 0.493 e. The molecule has 0 aliphatic carbocycles. The van der Waals surface area contributed by atoms with Crippen LogP contribution in [0.1, 0.15) is 18.9 Å². The van der Waals surface area contributed by atoms with Crippen molar-refractivity contribution in [3.63, 3.8) is 0 Å². The lowest BCUT2D eigenvalue weighted by Crippen LogP contribution is -2.12. The highest BCUT2D eigenvalue weighted by Gasteiger charge is 2.14. The third-order valence-corrected chi connectivity index (χ3v) is 4.11. The Balaban J connectivity index is 2.04. The smallest absolute Gasteiger partial charge is 0.224 e. The highest BCUT2D eigenvalue weighted by Crippen LogP contribution is 2.38. The van der Waals surface area contributed by atoms with Crippen molar-refractivity contribution in [2.45, 2.75) is 19.8 Å². The SMILES string of the molecule is CCOc1ccc(NC(=O)CCc2cc(OC)c(OC)c(OC)c2)cc1OC. The summed E-state index contributed by atoms with van der Waals surface area (Å²) in [5.41, 5.74) is 1.56. The number of hydrogen-bond donors (Lipinski definition) is 1. The van der Waals surface area contributed by atoms with Crippen LogP contribution in [0, 0.1) is 0 Å². The number of aryl methyl sites for hydroxylation is 1. The van der Waals surface area contributed by atoms with Gasteiger partial charge in [-0.15, -0.1) is 0 Å². The van der Waals surface area contributed by atoms with E-state index in [0.717, 1.165) is 5.56 Å². The summed E-state index contributed by atoms with van der Waals surface area (Å²) in [7, 11) is 6.24. The Morgan fingerprint density at radius 3 is 2.04 bits per heavy atom. The molecule has 7 heteroatoms. The maximum absolute atomic E-state index is 12.4. The van der Waals surface area contributed by atoms with Gasteiger partial charge in [-0.05, 0) is 43.2 Å². The molecular weight excluding hydrogens is 362 g/mol. The van der Waals surface area contributed by atoms with Gasteiger partial charge in [0.25, 0.3) is 0 Å². The van der Waals surface area contributed by atoms with Crippen molar-refractivity contribution in [2.75, 3.05) is 40.4 Å². The van der Waals surface area contributed by atoms with E-state index in [1.165, 1.54) is 0 Å². The summed E-state index contributed by atoms with van der Waals surface area (Å²) in [6.45, 7) is 2.44. The van der Waals surface area contributed by atoms with Crippen LogP contribution in [0.15, 0.2) is 30.3 Å². The lowest BCUT2D eigenvalue weighted by molar-refractivity contribution is -0.116. The Bertz CT molecular complexity index is 780. The van der Waals surface area contributed by atoms with Crippen LogP contribution in [0.25, 0.3) is 0 Å². The zero-order chi connectivity index (χ0) is 20.5. The van der Waals surface area contributed by atoms with E-state index in [9.17, 15) is 4.79 Å². The topological polar surface area (TPSA) is 75.3 Å². The molecule has 0 heterocycles. The predicted molar refractivity (Wildman–Crippen MR) is 107 cm³/mol. The Hall–Kier alpha value is -3.09. The Morgan fingerprint density at radius 2 is 1.50 bits per heavy atom. The second-order valence-corrected chi connectivity index (χ2v) is 5.88. The lowest BCUT2D eigenvalue weighted by Gasteiger charge is -2.14. The number of anilines is 1. The number of carbonyl (C=O) groups is 1. The van der Waals surface area contributed by atoms with Crippen LogP contribution in [-0.2, 0) is 11.2 Å². The second-order valence-electron chi connectivity index (χ2n) is 5.88. The molecule has 2 rings (SSSR count).